The fourth-order valence-electron chi connectivity index (χ4n) is 4.93. The second-order valence-electron chi connectivity index (χ2n) is 9.44. The summed E-state index contributed by atoms with van der Waals surface area (Å²) >= 11 is 1.72. The van der Waals surface area contributed by atoms with Crippen molar-refractivity contribution in [3.63, 3.8) is 0 Å². The second-order valence-corrected chi connectivity index (χ2v) is 10.8. The van der Waals surface area contributed by atoms with Crippen LogP contribution >= 0.6 is 11.3 Å². The first-order valence-electron chi connectivity index (χ1n) is 12.4. The summed E-state index contributed by atoms with van der Waals surface area (Å²) < 4.78 is 5.84. The van der Waals surface area contributed by atoms with Crippen molar-refractivity contribution < 1.29 is 14.3 Å². The van der Waals surface area contributed by atoms with Crippen molar-refractivity contribution in [3.05, 3.63) is 57.8 Å². The lowest BCUT2D eigenvalue weighted by atomic mass is 9.88. The van der Waals surface area contributed by atoms with E-state index in [0.29, 0.717) is 19.6 Å². The number of nitrogens with zero attached hydrogens (tertiary/aromatic N) is 2. The Kier molecular flexibility index (Phi) is 8.57. The van der Waals surface area contributed by atoms with Gasteiger partial charge >= 0.3 is 0 Å². The van der Waals surface area contributed by atoms with Crippen LogP contribution in [0.15, 0.2) is 42.5 Å². The molecule has 0 bridgehead atoms. The van der Waals surface area contributed by atoms with Gasteiger partial charge in [0.05, 0.1) is 19.2 Å². The molecule has 178 valence electrons. The van der Waals surface area contributed by atoms with Crippen LogP contribution in [0.4, 0.5) is 0 Å². The maximum Gasteiger partial charge on any atom is 0.242 e. The van der Waals surface area contributed by atoms with E-state index in [0.717, 1.165) is 50.7 Å². The molecule has 0 N–H and O–H groups in total. The van der Waals surface area contributed by atoms with Crippen LogP contribution in [0.3, 0.4) is 0 Å². The van der Waals surface area contributed by atoms with Crippen LogP contribution in [0.5, 0.6) is 0 Å². The molecule has 0 spiro atoms. The van der Waals surface area contributed by atoms with Gasteiger partial charge in [0.25, 0.3) is 0 Å². The number of amides is 2. The highest BCUT2D eigenvalue weighted by Crippen LogP contribution is 2.27. The normalized spacial score (nSPS) is 18.9. The summed E-state index contributed by atoms with van der Waals surface area (Å²) in [5.74, 6) is 0.202. The van der Waals surface area contributed by atoms with Crippen LogP contribution in [0, 0.1) is 12.8 Å². The first kappa shape index (κ1) is 24.0. The van der Waals surface area contributed by atoms with Crippen molar-refractivity contribution in [3.8, 4) is 0 Å². The second kappa shape index (κ2) is 11.8. The number of hydrogen-bond donors (Lipinski definition) is 0. The molecule has 1 saturated carbocycles. The molecule has 1 atom stereocenters. The summed E-state index contributed by atoms with van der Waals surface area (Å²) in [5.41, 5.74) is 1.10. The number of carbonyl (C=O) groups excluding carboxylic acids is 2. The molecule has 2 aliphatic rings. The van der Waals surface area contributed by atoms with Crippen molar-refractivity contribution in [2.75, 3.05) is 19.7 Å². The summed E-state index contributed by atoms with van der Waals surface area (Å²) in [6.07, 6.45) is 7.35. The SMILES string of the molecule is Cc1ccc(CN(Cc2ccccc2)C(=O)CN(CC2CCCO2)C(=O)C2CCCCC2)s1. The lowest BCUT2D eigenvalue weighted by Gasteiger charge is -2.32. The average molecular weight is 469 g/mol. The van der Waals surface area contributed by atoms with E-state index < -0.39 is 0 Å². The van der Waals surface area contributed by atoms with Crippen molar-refractivity contribution in [2.24, 2.45) is 5.92 Å². The predicted molar refractivity (Wildman–Crippen MR) is 132 cm³/mol. The number of aryl methyl sites for hydroxylation is 1. The van der Waals surface area contributed by atoms with E-state index in [2.05, 4.69) is 31.2 Å². The third-order valence-electron chi connectivity index (χ3n) is 6.75. The van der Waals surface area contributed by atoms with E-state index >= 15 is 0 Å². The smallest absolute Gasteiger partial charge is 0.242 e. The number of ether oxygens (including phenoxy) is 1. The Bertz CT molecular complexity index is 901. The molecule has 1 saturated heterocycles. The topological polar surface area (TPSA) is 49.9 Å². The monoisotopic (exact) mass is 468 g/mol. The van der Waals surface area contributed by atoms with Crippen molar-refractivity contribution >= 4 is 23.2 Å². The number of benzene rings is 1. The highest BCUT2D eigenvalue weighted by molar-refractivity contribution is 7.11. The van der Waals surface area contributed by atoms with Crippen LogP contribution < -0.4 is 0 Å². The van der Waals surface area contributed by atoms with E-state index in [1.165, 1.54) is 16.2 Å². The highest BCUT2D eigenvalue weighted by atomic mass is 32.1. The molecule has 0 radical (unpaired) electrons. The van der Waals surface area contributed by atoms with Gasteiger partial charge in [-0.1, -0.05) is 49.6 Å². The standard InChI is InChI=1S/C27H36N2O3S/c1-21-14-15-25(33-21)19-28(17-22-9-4-2-5-10-22)26(30)20-29(18-24-13-8-16-32-24)27(31)23-11-6-3-7-12-23/h2,4-5,9-10,14-15,23-24H,3,6-8,11-13,16-20H2,1H3. The van der Waals surface area contributed by atoms with Gasteiger partial charge in [0.1, 0.15) is 0 Å². The number of carbonyl (C=O) groups is 2. The third kappa shape index (κ3) is 6.90. The molecule has 4 rings (SSSR count). The molecule has 1 aliphatic heterocycles. The Morgan fingerprint density at radius 1 is 0.939 bits per heavy atom. The van der Waals surface area contributed by atoms with Crippen LogP contribution in [-0.2, 0) is 27.4 Å². The molecule has 2 aromatic rings. The van der Waals surface area contributed by atoms with Crippen molar-refractivity contribution in [1.29, 1.82) is 0 Å². The summed E-state index contributed by atoms with van der Waals surface area (Å²) in [5, 5.41) is 0. The molecular weight excluding hydrogens is 432 g/mol. The molecule has 1 aromatic carbocycles. The summed E-state index contributed by atoms with van der Waals surface area (Å²) in [6, 6.07) is 14.3. The zero-order chi connectivity index (χ0) is 23.0. The van der Waals surface area contributed by atoms with Crippen LogP contribution in [-0.4, -0.2) is 47.4 Å². The lowest BCUT2D eigenvalue weighted by molar-refractivity contribution is -0.145. The molecule has 2 amide bonds. The first-order chi connectivity index (χ1) is 16.1. The molecule has 1 aromatic heterocycles. The van der Waals surface area contributed by atoms with E-state index in [9.17, 15) is 9.59 Å². The minimum absolute atomic E-state index is 0.00654. The Hall–Kier alpha value is -2.18. The first-order valence-corrected chi connectivity index (χ1v) is 13.2. The maximum atomic E-state index is 13.6. The number of thiophene rings is 1. The predicted octanol–water partition coefficient (Wildman–Crippen LogP) is 5.17. The largest absolute Gasteiger partial charge is 0.376 e. The van der Waals surface area contributed by atoms with Crippen molar-refractivity contribution in [2.45, 2.75) is 71.1 Å². The van der Waals surface area contributed by atoms with Gasteiger partial charge in [-0.2, -0.15) is 0 Å². The summed E-state index contributed by atoms with van der Waals surface area (Å²) in [4.78, 5) is 33.2. The third-order valence-corrected chi connectivity index (χ3v) is 7.74. The Morgan fingerprint density at radius 3 is 2.39 bits per heavy atom. The Balaban J connectivity index is 1.49. The van der Waals surface area contributed by atoms with Crippen LogP contribution in [0.2, 0.25) is 0 Å². The fourth-order valence-corrected chi connectivity index (χ4v) is 5.84. The molecule has 2 fully saturated rings. The van der Waals surface area contributed by atoms with Gasteiger partial charge < -0.3 is 14.5 Å². The van der Waals surface area contributed by atoms with Crippen LogP contribution in [0.1, 0.15) is 60.3 Å². The van der Waals surface area contributed by atoms with E-state index in [4.69, 9.17) is 4.74 Å². The molecule has 2 heterocycles. The van der Waals surface area contributed by atoms with Gasteiger partial charge in [0.15, 0.2) is 0 Å². The maximum absolute atomic E-state index is 13.6. The molecule has 5 nitrogen and oxygen atoms in total. The zero-order valence-electron chi connectivity index (χ0n) is 19.7. The fraction of sp³-hybridized carbons (Fsp3) is 0.556. The highest BCUT2D eigenvalue weighted by Gasteiger charge is 2.31. The summed E-state index contributed by atoms with van der Waals surface area (Å²) in [6.45, 7) is 4.61. The molecular formula is C27H36N2O3S. The molecule has 1 aliphatic carbocycles. The minimum atomic E-state index is 0.00654. The van der Waals surface area contributed by atoms with Gasteiger partial charge in [-0.05, 0) is 50.3 Å². The zero-order valence-corrected chi connectivity index (χ0v) is 20.5. The molecule has 1 unspecified atom stereocenters. The minimum Gasteiger partial charge on any atom is -0.376 e. The Labute approximate surface area is 201 Å². The van der Waals surface area contributed by atoms with Gasteiger partial charge in [0, 0.05) is 35.4 Å². The Morgan fingerprint density at radius 2 is 1.73 bits per heavy atom. The summed E-state index contributed by atoms with van der Waals surface area (Å²) in [7, 11) is 0. The van der Waals surface area contributed by atoms with E-state index in [1.807, 2.05) is 28.0 Å². The van der Waals surface area contributed by atoms with Crippen molar-refractivity contribution in [1.82, 2.24) is 9.80 Å². The van der Waals surface area contributed by atoms with E-state index in [-0.39, 0.29) is 30.4 Å². The van der Waals surface area contributed by atoms with Gasteiger partial charge in [-0.3, -0.25) is 9.59 Å². The van der Waals surface area contributed by atoms with Gasteiger partial charge in [-0.15, -0.1) is 11.3 Å². The molecule has 33 heavy (non-hydrogen) atoms. The van der Waals surface area contributed by atoms with Crippen LogP contribution in [0.25, 0.3) is 0 Å². The number of hydrogen-bond acceptors (Lipinski definition) is 4. The lowest BCUT2D eigenvalue weighted by Crippen LogP contribution is -2.47. The molecule has 6 heteroatoms. The quantitative estimate of drug-likeness (QED) is 0.510. The van der Waals surface area contributed by atoms with E-state index in [1.54, 1.807) is 11.3 Å². The van der Waals surface area contributed by atoms with Gasteiger partial charge in [-0.25, -0.2) is 0 Å². The van der Waals surface area contributed by atoms with Gasteiger partial charge in [0.2, 0.25) is 11.8 Å². The number of rotatable bonds is 9. The average Bonchev–Trinajstić information content (AvgIpc) is 3.50.